The first kappa shape index (κ1) is 13.8. The van der Waals surface area contributed by atoms with Gasteiger partial charge in [0.05, 0.1) is 11.3 Å². The molecule has 1 amide bonds. The maximum Gasteiger partial charge on any atom is 0.270 e. The Balaban J connectivity index is 1.69. The van der Waals surface area contributed by atoms with E-state index in [0.717, 1.165) is 31.4 Å². The lowest BCUT2D eigenvalue weighted by Crippen LogP contribution is -2.41. The third-order valence-electron chi connectivity index (χ3n) is 3.86. The molecule has 110 valence electrons. The summed E-state index contributed by atoms with van der Waals surface area (Å²) < 4.78 is 1.67. The first-order valence-corrected chi connectivity index (χ1v) is 7.13. The minimum absolute atomic E-state index is 0.274. The van der Waals surface area contributed by atoms with E-state index in [1.54, 1.807) is 35.4 Å². The number of rotatable bonds is 4. The lowest BCUT2D eigenvalue weighted by Gasteiger charge is -2.22. The molecule has 2 aromatic heterocycles. The molecule has 3 rings (SSSR count). The lowest BCUT2D eigenvalue weighted by atomic mass is 10.0. The number of hydrogen-bond acceptors (Lipinski definition) is 4. The van der Waals surface area contributed by atoms with E-state index in [1.807, 2.05) is 6.07 Å². The summed E-state index contributed by atoms with van der Waals surface area (Å²) in [4.78, 5) is 16.2. The molecule has 1 fully saturated rings. The van der Waals surface area contributed by atoms with Gasteiger partial charge in [0, 0.05) is 25.1 Å². The van der Waals surface area contributed by atoms with Gasteiger partial charge < -0.3 is 10.4 Å². The molecular formula is C15H18N4O2. The second kappa shape index (κ2) is 5.65. The summed E-state index contributed by atoms with van der Waals surface area (Å²) >= 11 is 0. The Morgan fingerprint density at radius 1 is 1.38 bits per heavy atom. The van der Waals surface area contributed by atoms with Crippen molar-refractivity contribution in [1.82, 2.24) is 20.1 Å². The van der Waals surface area contributed by atoms with Crippen molar-refractivity contribution in [2.24, 2.45) is 0 Å². The van der Waals surface area contributed by atoms with Crippen LogP contribution in [-0.2, 0) is 0 Å². The van der Waals surface area contributed by atoms with Crippen LogP contribution in [0.1, 0.15) is 36.2 Å². The number of pyridine rings is 1. The molecule has 21 heavy (non-hydrogen) atoms. The zero-order chi connectivity index (χ0) is 14.7. The van der Waals surface area contributed by atoms with Crippen molar-refractivity contribution in [2.45, 2.75) is 31.3 Å². The van der Waals surface area contributed by atoms with E-state index in [9.17, 15) is 9.90 Å². The number of carbonyl (C=O) groups is 1. The molecule has 0 aromatic carbocycles. The fourth-order valence-electron chi connectivity index (χ4n) is 2.65. The lowest BCUT2D eigenvalue weighted by molar-refractivity contribution is 0.0448. The molecule has 2 heterocycles. The van der Waals surface area contributed by atoms with E-state index in [0.29, 0.717) is 5.69 Å². The second-order valence-corrected chi connectivity index (χ2v) is 5.46. The van der Waals surface area contributed by atoms with Gasteiger partial charge in [-0.15, -0.1) is 0 Å². The van der Waals surface area contributed by atoms with Gasteiger partial charge in [-0.05, 0) is 31.0 Å². The zero-order valence-corrected chi connectivity index (χ0v) is 11.7. The average Bonchev–Trinajstić information content (AvgIpc) is 3.17. The number of nitrogens with zero attached hydrogens (tertiary/aromatic N) is 3. The molecular weight excluding hydrogens is 268 g/mol. The molecule has 0 aliphatic heterocycles. The van der Waals surface area contributed by atoms with Crippen LogP contribution in [0, 0.1) is 0 Å². The van der Waals surface area contributed by atoms with Gasteiger partial charge in [-0.25, -0.2) is 4.68 Å². The maximum absolute atomic E-state index is 12.2. The van der Waals surface area contributed by atoms with Gasteiger partial charge in [0.25, 0.3) is 5.91 Å². The minimum atomic E-state index is -0.755. The molecule has 0 atom stereocenters. The molecule has 0 bridgehead atoms. The van der Waals surface area contributed by atoms with E-state index in [4.69, 9.17) is 0 Å². The van der Waals surface area contributed by atoms with Gasteiger partial charge in [0.2, 0.25) is 0 Å². The van der Waals surface area contributed by atoms with Crippen molar-refractivity contribution in [3.05, 3.63) is 42.5 Å². The summed E-state index contributed by atoms with van der Waals surface area (Å²) in [6.07, 6.45) is 8.57. The molecule has 0 unspecified atom stereocenters. The van der Waals surface area contributed by atoms with Crippen molar-refractivity contribution in [2.75, 3.05) is 6.54 Å². The first-order chi connectivity index (χ1) is 10.2. The molecule has 6 heteroatoms. The summed E-state index contributed by atoms with van der Waals surface area (Å²) in [5, 5.41) is 17.1. The summed E-state index contributed by atoms with van der Waals surface area (Å²) in [5.41, 5.74) is 0.347. The Morgan fingerprint density at radius 3 is 2.90 bits per heavy atom. The molecule has 0 spiro atoms. The van der Waals surface area contributed by atoms with Crippen LogP contribution < -0.4 is 5.32 Å². The topological polar surface area (TPSA) is 80.0 Å². The van der Waals surface area contributed by atoms with Crippen molar-refractivity contribution < 1.29 is 9.90 Å². The predicted octanol–water partition coefficient (Wildman–Crippen LogP) is 1.30. The van der Waals surface area contributed by atoms with E-state index < -0.39 is 5.60 Å². The van der Waals surface area contributed by atoms with Crippen LogP contribution in [0.3, 0.4) is 0 Å². The molecule has 0 radical (unpaired) electrons. The molecule has 1 aliphatic carbocycles. The molecule has 1 aliphatic rings. The average molecular weight is 286 g/mol. The van der Waals surface area contributed by atoms with Crippen LogP contribution in [0.25, 0.3) is 5.69 Å². The largest absolute Gasteiger partial charge is 0.388 e. The number of nitrogens with one attached hydrogen (secondary N) is 1. The number of hydrogen-bond donors (Lipinski definition) is 2. The third kappa shape index (κ3) is 3.11. The zero-order valence-electron chi connectivity index (χ0n) is 11.7. The van der Waals surface area contributed by atoms with E-state index >= 15 is 0 Å². The second-order valence-electron chi connectivity index (χ2n) is 5.46. The summed E-state index contributed by atoms with van der Waals surface area (Å²) in [5.74, 6) is -0.274. The van der Waals surface area contributed by atoms with E-state index in [2.05, 4.69) is 15.4 Å². The number of aliphatic hydroxyl groups is 1. The number of carbonyl (C=O) groups excluding carboxylic acids is 1. The molecule has 2 N–H and O–H groups in total. The quantitative estimate of drug-likeness (QED) is 0.888. The van der Waals surface area contributed by atoms with Crippen LogP contribution in [0.5, 0.6) is 0 Å². The Labute approximate surface area is 122 Å². The smallest absolute Gasteiger partial charge is 0.270 e. The Kier molecular flexibility index (Phi) is 3.70. The summed E-state index contributed by atoms with van der Waals surface area (Å²) in [6.45, 7) is 0.277. The van der Waals surface area contributed by atoms with Gasteiger partial charge >= 0.3 is 0 Å². The summed E-state index contributed by atoms with van der Waals surface area (Å²) in [7, 11) is 0. The van der Waals surface area contributed by atoms with Crippen molar-refractivity contribution in [3.8, 4) is 5.69 Å². The van der Waals surface area contributed by atoms with Gasteiger partial charge in [-0.3, -0.25) is 9.78 Å². The SMILES string of the molecule is O=C(NCC1(O)CCCC1)c1cc(-n2cccn2)ccn1. The standard InChI is InChI=1S/C15H18N4O2/c20-14(17-11-15(21)5-1-2-6-15)13-10-12(4-8-16-13)19-9-3-7-18-19/h3-4,7-10,21H,1-2,5-6,11H2,(H,17,20). The molecule has 1 saturated carbocycles. The van der Waals surface area contributed by atoms with Crippen molar-refractivity contribution in [3.63, 3.8) is 0 Å². The molecule has 0 saturated heterocycles. The number of aromatic nitrogens is 3. The highest BCUT2D eigenvalue weighted by Crippen LogP contribution is 2.28. The fraction of sp³-hybridized carbons (Fsp3) is 0.400. The Morgan fingerprint density at radius 2 is 2.19 bits per heavy atom. The highest BCUT2D eigenvalue weighted by atomic mass is 16.3. The monoisotopic (exact) mass is 286 g/mol. The number of amides is 1. The highest BCUT2D eigenvalue weighted by Gasteiger charge is 2.31. The van der Waals surface area contributed by atoms with Gasteiger partial charge in [0.1, 0.15) is 5.69 Å². The third-order valence-corrected chi connectivity index (χ3v) is 3.86. The van der Waals surface area contributed by atoms with Crippen LogP contribution >= 0.6 is 0 Å². The van der Waals surface area contributed by atoms with Gasteiger partial charge in [-0.1, -0.05) is 12.8 Å². The van der Waals surface area contributed by atoms with E-state index in [-0.39, 0.29) is 12.5 Å². The van der Waals surface area contributed by atoms with Crippen LogP contribution in [-0.4, -0.2) is 37.9 Å². The highest BCUT2D eigenvalue weighted by molar-refractivity contribution is 5.92. The van der Waals surface area contributed by atoms with E-state index in [1.165, 1.54) is 0 Å². The normalized spacial score (nSPS) is 16.8. The van der Waals surface area contributed by atoms with Gasteiger partial charge in [-0.2, -0.15) is 5.10 Å². The predicted molar refractivity (Wildman–Crippen MR) is 77.1 cm³/mol. The Bertz CT molecular complexity index is 618. The van der Waals surface area contributed by atoms with Crippen LogP contribution in [0.2, 0.25) is 0 Å². The first-order valence-electron chi connectivity index (χ1n) is 7.13. The Hall–Kier alpha value is -2.21. The maximum atomic E-state index is 12.2. The van der Waals surface area contributed by atoms with Crippen LogP contribution in [0.4, 0.5) is 0 Å². The molecule has 2 aromatic rings. The van der Waals surface area contributed by atoms with Gasteiger partial charge in [0.15, 0.2) is 0 Å². The van der Waals surface area contributed by atoms with Crippen molar-refractivity contribution >= 4 is 5.91 Å². The van der Waals surface area contributed by atoms with Crippen LogP contribution in [0.15, 0.2) is 36.8 Å². The fourth-order valence-corrected chi connectivity index (χ4v) is 2.65. The molecule has 6 nitrogen and oxygen atoms in total. The summed E-state index contributed by atoms with van der Waals surface area (Å²) in [6, 6.07) is 5.28. The minimum Gasteiger partial charge on any atom is -0.388 e. The van der Waals surface area contributed by atoms with Crippen molar-refractivity contribution in [1.29, 1.82) is 0 Å².